The summed E-state index contributed by atoms with van der Waals surface area (Å²) in [6.45, 7) is 1.53. The van der Waals surface area contributed by atoms with Crippen LogP contribution in [-0.2, 0) is 24.4 Å². The number of carbonyl (C=O) groups is 2. The average Bonchev–Trinajstić information content (AvgIpc) is 2.49. The van der Waals surface area contributed by atoms with Crippen LogP contribution in [0, 0.1) is 0 Å². The van der Waals surface area contributed by atoms with Crippen molar-refractivity contribution < 1.29 is 54.0 Å². The Kier molecular flexibility index (Phi) is 8.93. The highest BCUT2D eigenvalue weighted by Gasteiger charge is 2.60. The first-order valence-electron chi connectivity index (χ1n) is 6.85. The Labute approximate surface area is 145 Å². The van der Waals surface area contributed by atoms with Gasteiger partial charge in [-0.15, -0.1) is 0 Å². The van der Waals surface area contributed by atoms with Crippen molar-refractivity contribution >= 4 is 22.2 Å². The number of amides is 1. The van der Waals surface area contributed by atoms with E-state index in [4.69, 9.17) is 0 Å². The molecule has 26 heavy (non-hydrogen) atoms. The third-order valence-corrected chi connectivity index (χ3v) is 3.61. The summed E-state index contributed by atoms with van der Waals surface area (Å²) >= 11 is 0. The molecule has 0 spiro atoms. The van der Waals surface area contributed by atoms with Gasteiger partial charge in [-0.25, -0.2) is 18.0 Å². The number of esters is 1. The van der Waals surface area contributed by atoms with E-state index >= 15 is 0 Å². The number of carbonyl (C=O) groups excluding carboxylic acids is 2. The van der Waals surface area contributed by atoms with Crippen molar-refractivity contribution in [3.05, 3.63) is 12.4 Å². The van der Waals surface area contributed by atoms with Crippen molar-refractivity contribution in [3.63, 3.8) is 0 Å². The van der Waals surface area contributed by atoms with Crippen LogP contribution in [0.1, 0.15) is 19.3 Å². The molecule has 0 aromatic carbocycles. The van der Waals surface area contributed by atoms with Crippen LogP contribution >= 0.6 is 0 Å². The highest BCUT2D eigenvalue weighted by Crippen LogP contribution is 2.41. The lowest BCUT2D eigenvalue weighted by Crippen LogP contribution is -2.46. The molecular weight excluding hydrogens is 397 g/mol. The van der Waals surface area contributed by atoms with E-state index in [-0.39, 0.29) is 13.0 Å². The SMILES string of the molecule is C=C(F)C(=O)OCCNC(=O)OCCCCC(F)(F)C(F)(F)S(=O)(=O)[O-]. The molecule has 0 fully saturated rings. The molecule has 8 nitrogen and oxygen atoms in total. The van der Waals surface area contributed by atoms with Gasteiger partial charge in [0.05, 0.1) is 13.2 Å². The number of nitrogens with one attached hydrogen (secondary N) is 1. The number of hydrogen-bond donors (Lipinski definition) is 1. The lowest BCUT2D eigenvalue weighted by atomic mass is 10.1. The molecule has 0 aromatic heterocycles. The first-order chi connectivity index (χ1) is 11.7. The van der Waals surface area contributed by atoms with Crippen LogP contribution in [0.2, 0.25) is 0 Å². The molecule has 0 heterocycles. The summed E-state index contributed by atoms with van der Waals surface area (Å²) in [5.41, 5.74) is 0. The Morgan fingerprint density at radius 3 is 2.15 bits per heavy atom. The average molecular weight is 412 g/mol. The minimum absolute atomic E-state index is 0.260. The van der Waals surface area contributed by atoms with Crippen LogP contribution in [0.15, 0.2) is 12.4 Å². The minimum Gasteiger partial charge on any atom is -0.743 e. The van der Waals surface area contributed by atoms with E-state index in [1.165, 1.54) is 0 Å². The third-order valence-electron chi connectivity index (χ3n) is 2.68. The molecule has 1 N–H and O–H groups in total. The van der Waals surface area contributed by atoms with Gasteiger partial charge >= 0.3 is 23.2 Å². The van der Waals surface area contributed by atoms with Crippen LogP contribution in [0.5, 0.6) is 0 Å². The Hall–Kier alpha value is -1.96. The second kappa shape index (κ2) is 9.66. The van der Waals surface area contributed by atoms with Crippen LogP contribution in [0.3, 0.4) is 0 Å². The number of ether oxygens (including phenoxy) is 2. The quantitative estimate of drug-likeness (QED) is 0.180. The summed E-state index contributed by atoms with van der Waals surface area (Å²) in [5.74, 6) is -7.72. The van der Waals surface area contributed by atoms with Crippen molar-refractivity contribution in [2.24, 2.45) is 0 Å². The Morgan fingerprint density at radius 1 is 1.08 bits per heavy atom. The first-order valence-corrected chi connectivity index (χ1v) is 8.26. The summed E-state index contributed by atoms with van der Waals surface area (Å²) in [6, 6.07) is 0. The fourth-order valence-corrected chi connectivity index (χ4v) is 1.84. The maximum Gasteiger partial charge on any atom is 0.407 e. The standard InChI is InChI=1S/C12H16F5NO7S/c1-8(13)9(19)24-7-5-18-10(20)25-6-3-2-4-11(14,15)12(16,17)26(21,22)23/h1-7H2,(H,18,20)(H,21,22,23)/p-1. The van der Waals surface area contributed by atoms with Gasteiger partial charge in [-0.05, 0) is 12.8 Å². The summed E-state index contributed by atoms with van der Waals surface area (Å²) in [7, 11) is -6.53. The fourth-order valence-electron chi connectivity index (χ4n) is 1.37. The second-order valence-electron chi connectivity index (χ2n) is 4.74. The topological polar surface area (TPSA) is 122 Å². The van der Waals surface area contributed by atoms with Gasteiger partial charge in [-0.2, -0.15) is 22.0 Å². The Morgan fingerprint density at radius 2 is 1.65 bits per heavy atom. The van der Waals surface area contributed by atoms with Gasteiger partial charge in [0.1, 0.15) is 6.61 Å². The van der Waals surface area contributed by atoms with E-state index in [9.17, 15) is 44.5 Å². The predicted octanol–water partition coefficient (Wildman–Crippen LogP) is 1.68. The van der Waals surface area contributed by atoms with Crippen molar-refractivity contribution in [1.82, 2.24) is 5.32 Å². The highest BCUT2D eigenvalue weighted by molar-refractivity contribution is 7.86. The minimum atomic E-state index is -6.53. The maximum absolute atomic E-state index is 13.1. The molecule has 1 amide bonds. The lowest BCUT2D eigenvalue weighted by molar-refractivity contribution is -0.165. The summed E-state index contributed by atoms with van der Waals surface area (Å²) in [5, 5.41) is -3.70. The predicted molar refractivity (Wildman–Crippen MR) is 74.0 cm³/mol. The van der Waals surface area contributed by atoms with Crippen LogP contribution < -0.4 is 5.32 Å². The van der Waals surface area contributed by atoms with E-state index < -0.39 is 65.2 Å². The molecule has 0 saturated heterocycles. The largest absolute Gasteiger partial charge is 0.743 e. The molecule has 14 heteroatoms. The smallest absolute Gasteiger partial charge is 0.407 e. The van der Waals surface area contributed by atoms with Gasteiger partial charge in [0, 0.05) is 6.42 Å². The van der Waals surface area contributed by atoms with E-state index in [0.29, 0.717) is 0 Å². The summed E-state index contributed by atoms with van der Waals surface area (Å²) < 4.78 is 103. The van der Waals surface area contributed by atoms with E-state index in [1.807, 2.05) is 5.32 Å². The zero-order chi connectivity index (χ0) is 20.6. The molecule has 0 saturated carbocycles. The zero-order valence-electron chi connectivity index (χ0n) is 13.1. The molecule has 0 aromatic rings. The second-order valence-corrected chi connectivity index (χ2v) is 6.16. The number of hydrogen-bond acceptors (Lipinski definition) is 7. The fraction of sp³-hybridized carbons (Fsp3) is 0.667. The Bertz CT molecular complexity index is 623. The van der Waals surface area contributed by atoms with Gasteiger partial charge in [-0.3, -0.25) is 0 Å². The maximum atomic E-state index is 13.1. The van der Waals surface area contributed by atoms with Crippen molar-refractivity contribution in [2.75, 3.05) is 19.8 Å². The number of rotatable bonds is 11. The van der Waals surface area contributed by atoms with Crippen molar-refractivity contribution in [2.45, 2.75) is 30.4 Å². The molecule has 0 aliphatic rings. The van der Waals surface area contributed by atoms with Crippen LogP contribution in [0.25, 0.3) is 0 Å². The molecule has 0 atom stereocenters. The molecule has 0 aliphatic carbocycles. The number of alkyl halides is 4. The number of halogens is 5. The summed E-state index contributed by atoms with van der Waals surface area (Å²) in [4.78, 5) is 21.8. The molecule has 0 aliphatic heterocycles. The zero-order valence-corrected chi connectivity index (χ0v) is 13.9. The van der Waals surface area contributed by atoms with E-state index in [1.54, 1.807) is 0 Å². The molecule has 152 valence electrons. The van der Waals surface area contributed by atoms with Gasteiger partial charge in [-0.1, -0.05) is 6.58 Å². The van der Waals surface area contributed by atoms with Crippen molar-refractivity contribution in [3.8, 4) is 0 Å². The molecule has 0 rings (SSSR count). The van der Waals surface area contributed by atoms with Crippen LogP contribution in [-0.4, -0.2) is 56.0 Å². The van der Waals surface area contributed by atoms with Gasteiger partial charge in [0.2, 0.25) is 5.83 Å². The van der Waals surface area contributed by atoms with Gasteiger partial charge < -0.3 is 19.3 Å². The van der Waals surface area contributed by atoms with Crippen molar-refractivity contribution in [1.29, 1.82) is 0 Å². The normalized spacial score (nSPS) is 12.4. The van der Waals surface area contributed by atoms with Gasteiger partial charge in [0.15, 0.2) is 10.1 Å². The van der Waals surface area contributed by atoms with Crippen LogP contribution in [0.4, 0.5) is 26.7 Å². The monoisotopic (exact) mass is 412 g/mol. The van der Waals surface area contributed by atoms with E-state index in [0.717, 1.165) is 0 Å². The third kappa shape index (κ3) is 7.51. The number of alkyl carbamates (subject to hydrolysis) is 1. The lowest BCUT2D eigenvalue weighted by Gasteiger charge is -2.28. The van der Waals surface area contributed by atoms with Gasteiger partial charge in [0.25, 0.3) is 0 Å². The number of unbranched alkanes of at least 4 members (excludes halogenated alkanes) is 1. The van der Waals surface area contributed by atoms with E-state index in [2.05, 4.69) is 16.1 Å². The molecule has 0 bridgehead atoms. The highest BCUT2D eigenvalue weighted by atomic mass is 32.2. The molecule has 0 unspecified atom stereocenters. The Balaban J connectivity index is 4.01. The molecule has 0 radical (unpaired) electrons. The molecular formula is C12H15F5NO7S-. The first kappa shape index (κ1) is 24.0. The summed E-state index contributed by atoms with van der Waals surface area (Å²) in [6.07, 6.45) is -3.66.